The lowest BCUT2D eigenvalue weighted by molar-refractivity contribution is 0.0955. The van der Waals surface area contributed by atoms with E-state index in [-0.39, 0.29) is 22.9 Å². The van der Waals surface area contributed by atoms with Gasteiger partial charge in [-0.05, 0) is 48.9 Å². The zero-order valence-corrected chi connectivity index (χ0v) is 18.4. The van der Waals surface area contributed by atoms with Crippen molar-refractivity contribution in [2.45, 2.75) is 18.4 Å². The van der Waals surface area contributed by atoms with Gasteiger partial charge in [0.25, 0.3) is 5.91 Å². The van der Waals surface area contributed by atoms with E-state index in [1.54, 1.807) is 48.5 Å². The van der Waals surface area contributed by atoms with Gasteiger partial charge in [0.2, 0.25) is 10.0 Å². The Kier molecular flexibility index (Phi) is 6.92. The third kappa shape index (κ3) is 5.51. The van der Waals surface area contributed by atoms with E-state index in [1.807, 2.05) is 6.92 Å². The summed E-state index contributed by atoms with van der Waals surface area (Å²) in [4.78, 5) is 12.5. The number of aromatic hydroxyl groups is 2. The van der Waals surface area contributed by atoms with Gasteiger partial charge in [0.05, 0.1) is 11.1 Å². The number of sulfonamides is 1. The highest BCUT2D eigenvalue weighted by molar-refractivity contribution is 7.89. The summed E-state index contributed by atoms with van der Waals surface area (Å²) >= 11 is 0. The van der Waals surface area contributed by atoms with Crippen LogP contribution >= 0.6 is 0 Å². The molecule has 0 saturated heterocycles. The van der Waals surface area contributed by atoms with E-state index in [1.165, 1.54) is 29.7 Å². The van der Waals surface area contributed by atoms with Gasteiger partial charge in [0, 0.05) is 30.8 Å². The number of hydrogen-bond donors (Lipinski definition) is 3. The van der Waals surface area contributed by atoms with Crippen LogP contribution in [0.3, 0.4) is 0 Å². The summed E-state index contributed by atoms with van der Waals surface area (Å²) in [5.74, 6) is -0.718. The molecule has 0 aliphatic heterocycles. The monoisotopic (exact) mass is 453 g/mol. The van der Waals surface area contributed by atoms with Gasteiger partial charge in [-0.2, -0.15) is 9.41 Å². The van der Waals surface area contributed by atoms with Gasteiger partial charge in [-0.15, -0.1) is 0 Å². The molecule has 0 aliphatic carbocycles. The number of aryl methyl sites for hydroxylation is 1. The van der Waals surface area contributed by atoms with Crippen molar-refractivity contribution >= 4 is 22.1 Å². The standard InChI is InChI=1S/C23H23N3O5S/c1-16-3-11-21(12-4-16)32(30,31)26(2)15-17-5-7-18(8-6-17)23(29)25-24-14-19-9-10-20(27)13-22(19)28/h3-14,27-28H,15H2,1-2H3,(H,25,29)/b24-14+. The first-order chi connectivity index (χ1) is 15.2. The van der Waals surface area contributed by atoms with Crippen molar-refractivity contribution in [2.75, 3.05) is 7.05 Å². The summed E-state index contributed by atoms with van der Waals surface area (Å²) < 4.78 is 26.7. The van der Waals surface area contributed by atoms with Gasteiger partial charge >= 0.3 is 0 Å². The van der Waals surface area contributed by atoms with Crippen LogP contribution in [0, 0.1) is 6.92 Å². The van der Waals surface area contributed by atoms with Crippen LogP contribution in [0.2, 0.25) is 0 Å². The van der Waals surface area contributed by atoms with Gasteiger partial charge in [0.15, 0.2) is 0 Å². The van der Waals surface area contributed by atoms with Crippen LogP contribution in [0.5, 0.6) is 11.5 Å². The molecule has 32 heavy (non-hydrogen) atoms. The Bertz CT molecular complexity index is 1240. The van der Waals surface area contributed by atoms with E-state index < -0.39 is 15.9 Å². The molecular formula is C23H23N3O5S. The predicted molar refractivity (Wildman–Crippen MR) is 121 cm³/mol. The molecular weight excluding hydrogens is 430 g/mol. The van der Waals surface area contributed by atoms with Crippen molar-refractivity contribution in [2.24, 2.45) is 5.10 Å². The highest BCUT2D eigenvalue weighted by Gasteiger charge is 2.20. The number of benzene rings is 3. The van der Waals surface area contributed by atoms with Crippen molar-refractivity contribution in [1.82, 2.24) is 9.73 Å². The number of hydrogen-bond acceptors (Lipinski definition) is 6. The fourth-order valence-electron chi connectivity index (χ4n) is 2.86. The zero-order chi connectivity index (χ0) is 23.3. The maximum atomic E-state index is 12.7. The van der Waals surface area contributed by atoms with Gasteiger partial charge in [0.1, 0.15) is 11.5 Å². The normalized spacial score (nSPS) is 11.7. The highest BCUT2D eigenvalue weighted by atomic mass is 32.2. The summed E-state index contributed by atoms with van der Waals surface area (Å²) in [6.07, 6.45) is 1.26. The van der Waals surface area contributed by atoms with Gasteiger partial charge in [-0.25, -0.2) is 13.8 Å². The molecule has 166 valence electrons. The minimum absolute atomic E-state index is 0.0823. The maximum Gasteiger partial charge on any atom is 0.271 e. The van der Waals surface area contributed by atoms with Crippen molar-refractivity contribution in [3.63, 3.8) is 0 Å². The highest BCUT2D eigenvalue weighted by Crippen LogP contribution is 2.21. The van der Waals surface area contributed by atoms with Crippen molar-refractivity contribution in [3.05, 3.63) is 89.0 Å². The molecule has 0 saturated carbocycles. The summed E-state index contributed by atoms with van der Waals surface area (Å²) in [6.45, 7) is 2.04. The molecule has 0 aromatic heterocycles. The lowest BCUT2D eigenvalue weighted by Crippen LogP contribution is -2.26. The summed E-state index contributed by atoms with van der Waals surface area (Å²) in [6, 6.07) is 17.2. The van der Waals surface area contributed by atoms with Crippen molar-refractivity contribution in [3.8, 4) is 11.5 Å². The number of hydrazone groups is 1. The van der Waals surface area contributed by atoms with Crippen LogP contribution < -0.4 is 5.43 Å². The summed E-state index contributed by atoms with van der Waals surface area (Å²) in [5, 5.41) is 22.8. The smallest absolute Gasteiger partial charge is 0.271 e. The first kappa shape index (κ1) is 23.0. The fraction of sp³-hybridized carbons (Fsp3) is 0.130. The van der Waals surface area contributed by atoms with Crippen LogP contribution in [0.1, 0.15) is 27.0 Å². The van der Waals surface area contributed by atoms with E-state index in [4.69, 9.17) is 0 Å². The third-order valence-electron chi connectivity index (χ3n) is 4.73. The molecule has 0 fully saturated rings. The Morgan fingerprint density at radius 2 is 1.69 bits per heavy atom. The number of amides is 1. The number of carbonyl (C=O) groups excluding carboxylic acids is 1. The lowest BCUT2D eigenvalue weighted by atomic mass is 10.1. The Morgan fingerprint density at radius 3 is 2.31 bits per heavy atom. The van der Waals surface area contributed by atoms with Crippen LogP contribution in [0.15, 0.2) is 76.7 Å². The van der Waals surface area contributed by atoms with Crippen LogP contribution in [0.25, 0.3) is 0 Å². The summed E-state index contributed by atoms with van der Waals surface area (Å²) in [7, 11) is -2.12. The maximum absolute atomic E-state index is 12.7. The molecule has 8 nitrogen and oxygen atoms in total. The topological polar surface area (TPSA) is 119 Å². The molecule has 0 heterocycles. The molecule has 3 aromatic rings. The number of phenols is 2. The molecule has 1 amide bonds. The Morgan fingerprint density at radius 1 is 1.03 bits per heavy atom. The molecule has 0 atom stereocenters. The van der Waals surface area contributed by atoms with Gasteiger partial charge < -0.3 is 10.2 Å². The number of rotatable bonds is 7. The van der Waals surface area contributed by atoms with E-state index in [2.05, 4.69) is 10.5 Å². The third-order valence-corrected chi connectivity index (χ3v) is 6.55. The fourth-order valence-corrected chi connectivity index (χ4v) is 4.02. The predicted octanol–water partition coefficient (Wildman–Crippen LogP) is 2.99. The molecule has 3 N–H and O–H groups in total. The first-order valence-electron chi connectivity index (χ1n) is 9.64. The molecule has 0 aliphatic rings. The van der Waals surface area contributed by atoms with Crippen molar-refractivity contribution in [1.29, 1.82) is 0 Å². The van der Waals surface area contributed by atoms with Crippen LogP contribution in [0.4, 0.5) is 0 Å². The molecule has 0 radical (unpaired) electrons. The minimum atomic E-state index is -3.63. The van der Waals surface area contributed by atoms with E-state index >= 15 is 0 Å². The minimum Gasteiger partial charge on any atom is -0.508 e. The average Bonchev–Trinajstić information content (AvgIpc) is 2.76. The number of phenolic OH excluding ortho intramolecular Hbond substituents is 2. The number of nitrogens with zero attached hydrogens (tertiary/aromatic N) is 2. The van der Waals surface area contributed by atoms with Crippen LogP contribution in [-0.4, -0.2) is 42.1 Å². The molecule has 3 aromatic carbocycles. The van der Waals surface area contributed by atoms with Crippen LogP contribution in [-0.2, 0) is 16.6 Å². The zero-order valence-electron chi connectivity index (χ0n) is 17.6. The number of nitrogens with one attached hydrogen (secondary N) is 1. The van der Waals surface area contributed by atoms with E-state index in [0.29, 0.717) is 11.1 Å². The van der Waals surface area contributed by atoms with E-state index in [9.17, 15) is 23.4 Å². The largest absolute Gasteiger partial charge is 0.508 e. The lowest BCUT2D eigenvalue weighted by Gasteiger charge is -2.17. The van der Waals surface area contributed by atoms with E-state index in [0.717, 1.165) is 17.2 Å². The second kappa shape index (κ2) is 9.63. The Labute approximate surface area is 186 Å². The molecule has 0 spiro atoms. The Hall–Kier alpha value is -3.69. The number of carbonyl (C=O) groups is 1. The first-order valence-corrected chi connectivity index (χ1v) is 11.1. The second-order valence-corrected chi connectivity index (χ2v) is 9.26. The SMILES string of the molecule is Cc1ccc(S(=O)(=O)N(C)Cc2ccc(C(=O)N/N=C/c3ccc(O)cc3O)cc2)cc1. The quantitative estimate of drug-likeness (QED) is 0.375. The molecule has 0 unspecified atom stereocenters. The molecule has 3 rings (SSSR count). The molecule has 9 heteroatoms. The summed E-state index contributed by atoms with van der Waals surface area (Å²) in [5.41, 5.74) is 4.71. The van der Waals surface area contributed by atoms with Gasteiger partial charge in [-0.1, -0.05) is 29.8 Å². The Balaban J connectivity index is 1.62. The molecule has 0 bridgehead atoms. The second-order valence-electron chi connectivity index (χ2n) is 7.21. The van der Waals surface area contributed by atoms with Crippen molar-refractivity contribution < 1.29 is 23.4 Å². The average molecular weight is 454 g/mol. The van der Waals surface area contributed by atoms with Gasteiger partial charge in [-0.3, -0.25) is 4.79 Å².